The van der Waals surface area contributed by atoms with Gasteiger partial charge in [0.15, 0.2) is 5.96 Å². The minimum Gasteiger partial charge on any atom is -0.357 e. The van der Waals surface area contributed by atoms with Crippen molar-refractivity contribution >= 4 is 59.2 Å². The van der Waals surface area contributed by atoms with Gasteiger partial charge in [0.05, 0.1) is 10.6 Å². The van der Waals surface area contributed by atoms with Gasteiger partial charge in [-0.05, 0) is 43.9 Å². The third-order valence-corrected chi connectivity index (χ3v) is 4.22. The highest BCUT2D eigenvalue weighted by Gasteiger charge is 2.08. The predicted molar refractivity (Wildman–Crippen MR) is 121 cm³/mol. The Bertz CT molecular complexity index is 531. The van der Waals surface area contributed by atoms with Crippen molar-refractivity contribution in [1.29, 1.82) is 0 Å². The Morgan fingerprint density at radius 1 is 1.16 bits per heavy atom. The number of aliphatic imine (C=N–C) groups is 1. The summed E-state index contributed by atoms with van der Waals surface area (Å²) in [7, 11) is 0. The molecule has 0 bridgehead atoms. The first-order valence-corrected chi connectivity index (χ1v) is 10.00. The summed E-state index contributed by atoms with van der Waals surface area (Å²) in [6.07, 6.45) is 4.38. The molecule has 8 heteroatoms. The molecule has 1 aromatic rings. The second kappa shape index (κ2) is 15.6. The molecule has 0 saturated heterocycles. The molecule has 0 radical (unpaired) electrons. The van der Waals surface area contributed by atoms with Crippen molar-refractivity contribution in [3.8, 4) is 0 Å². The van der Waals surface area contributed by atoms with Gasteiger partial charge in [0.1, 0.15) is 0 Å². The fraction of sp³-hybridized carbons (Fsp3) is 0.529. The van der Waals surface area contributed by atoms with Gasteiger partial charge in [0.25, 0.3) is 5.91 Å². The lowest BCUT2D eigenvalue weighted by molar-refractivity contribution is 0.0954. The van der Waals surface area contributed by atoms with Crippen LogP contribution in [0.3, 0.4) is 0 Å². The third-order valence-electron chi connectivity index (χ3n) is 3.19. The Hall–Kier alpha value is -0.670. The summed E-state index contributed by atoms with van der Waals surface area (Å²) in [5.74, 6) is 1.79. The summed E-state index contributed by atoms with van der Waals surface area (Å²) in [6.45, 7) is 4.75. The van der Waals surface area contributed by atoms with Crippen molar-refractivity contribution in [2.45, 2.75) is 19.8 Å². The standard InChI is InChI=1S/C17H27ClN4OS.HI/c1-3-19-17(21-10-6-7-13-24-2)22-12-11-20-16(23)14-8-4-5-9-15(14)18;/h4-5,8-9H,3,6-7,10-13H2,1-2H3,(H,20,23)(H2,19,21,22);1H. The first-order valence-electron chi connectivity index (χ1n) is 8.22. The highest BCUT2D eigenvalue weighted by Crippen LogP contribution is 2.14. The molecular formula is C17H28ClIN4OS. The maximum atomic E-state index is 12.0. The number of nitrogens with zero attached hydrogens (tertiary/aromatic N) is 1. The normalized spacial score (nSPS) is 10.8. The predicted octanol–water partition coefficient (Wildman–Crippen LogP) is 3.39. The number of hydrogen-bond acceptors (Lipinski definition) is 3. The van der Waals surface area contributed by atoms with Gasteiger partial charge in [-0.15, -0.1) is 24.0 Å². The van der Waals surface area contributed by atoms with Gasteiger partial charge >= 0.3 is 0 Å². The number of carbonyl (C=O) groups excluding carboxylic acids is 1. The van der Waals surface area contributed by atoms with Crippen LogP contribution in [-0.4, -0.2) is 50.1 Å². The number of hydrogen-bond donors (Lipinski definition) is 3. The van der Waals surface area contributed by atoms with Crippen molar-refractivity contribution in [2.75, 3.05) is 38.2 Å². The molecule has 0 fully saturated rings. The van der Waals surface area contributed by atoms with Crippen molar-refractivity contribution in [2.24, 2.45) is 4.99 Å². The van der Waals surface area contributed by atoms with Crippen molar-refractivity contribution in [1.82, 2.24) is 16.0 Å². The highest BCUT2D eigenvalue weighted by atomic mass is 127. The molecule has 1 amide bonds. The zero-order valence-corrected chi connectivity index (χ0v) is 18.7. The zero-order chi connectivity index (χ0) is 17.6. The first-order chi connectivity index (χ1) is 11.7. The minimum atomic E-state index is -0.165. The van der Waals surface area contributed by atoms with E-state index in [1.807, 2.05) is 18.7 Å². The van der Waals surface area contributed by atoms with Gasteiger partial charge in [0, 0.05) is 26.2 Å². The SMILES string of the molecule is CCNC(=NCCCCSC)NCCNC(=O)c1ccccc1Cl.I. The number of halogens is 2. The van der Waals surface area contributed by atoms with Gasteiger partial charge in [-0.1, -0.05) is 23.7 Å². The average molecular weight is 499 g/mol. The summed E-state index contributed by atoms with van der Waals surface area (Å²) in [5.41, 5.74) is 0.494. The zero-order valence-electron chi connectivity index (χ0n) is 14.8. The van der Waals surface area contributed by atoms with E-state index in [4.69, 9.17) is 11.6 Å². The van der Waals surface area contributed by atoms with Crippen LogP contribution in [0.1, 0.15) is 30.1 Å². The van der Waals surface area contributed by atoms with Crippen LogP contribution in [0.25, 0.3) is 0 Å². The van der Waals surface area contributed by atoms with Gasteiger partial charge < -0.3 is 16.0 Å². The minimum absolute atomic E-state index is 0. The van der Waals surface area contributed by atoms with Crippen molar-refractivity contribution in [3.05, 3.63) is 34.9 Å². The van der Waals surface area contributed by atoms with E-state index in [0.717, 1.165) is 25.5 Å². The van der Waals surface area contributed by atoms with E-state index in [0.29, 0.717) is 23.7 Å². The van der Waals surface area contributed by atoms with E-state index in [9.17, 15) is 4.79 Å². The number of thioether (sulfide) groups is 1. The van der Waals surface area contributed by atoms with E-state index in [2.05, 4.69) is 27.2 Å². The molecule has 0 aromatic heterocycles. The molecular weight excluding hydrogens is 471 g/mol. The monoisotopic (exact) mass is 498 g/mol. The molecule has 0 heterocycles. The van der Waals surface area contributed by atoms with Crippen LogP contribution in [0.4, 0.5) is 0 Å². The van der Waals surface area contributed by atoms with Gasteiger partial charge in [0.2, 0.25) is 0 Å². The quantitative estimate of drug-likeness (QED) is 0.200. The number of benzene rings is 1. The lowest BCUT2D eigenvalue weighted by Crippen LogP contribution is -2.41. The maximum absolute atomic E-state index is 12.0. The summed E-state index contributed by atoms with van der Waals surface area (Å²) in [6, 6.07) is 7.03. The van der Waals surface area contributed by atoms with Gasteiger partial charge in [-0.25, -0.2) is 0 Å². The van der Waals surface area contributed by atoms with E-state index in [1.165, 1.54) is 12.2 Å². The number of nitrogens with one attached hydrogen (secondary N) is 3. The number of unbranched alkanes of at least 4 members (excludes halogenated alkanes) is 1. The molecule has 5 nitrogen and oxygen atoms in total. The molecule has 0 spiro atoms. The smallest absolute Gasteiger partial charge is 0.252 e. The van der Waals surface area contributed by atoms with Crippen LogP contribution in [0, 0.1) is 0 Å². The molecule has 1 rings (SSSR count). The summed E-state index contributed by atoms with van der Waals surface area (Å²) in [4.78, 5) is 16.6. The Kier molecular flexibility index (Phi) is 15.2. The number of rotatable bonds is 10. The molecule has 0 unspecified atom stereocenters. The summed E-state index contributed by atoms with van der Waals surface area (Å²) < 4.78 is 0. The molecule has 25 heavy (non-hydrogen) atoms. The summed E-state index contributed by atoms with van der Waals surface area (Å²) in [5, 5.41) is 9.73. The maximum Gasteiger partial charge on any atom is 0.252 e. The van der Waals surface area contributed by atoms with Crippen LogP contribution < -0.4 is 16.0 Å². The molecule has 0 aliphatic heterocycles. The topological polar surface area (TPSA) is 65.5 Å². The van der Waals surface area contributed by atoms with Crippen LogP contribution in [0.5, 0.6) is 0 Å². The van der Waals surface area contributed by atoms with E-state index < -0.39 is 0 Å². The molecule has 142 valence electrons. The number of amides is 1. The van der Waals surface area contributed by atoms with Crippen LogP contribution in [0.2, 0.25) is 5.02 Å². The molecule has 0 atom stereocenters. The second-order valence-corrected chi connectivity index (χ2v) is 6.52. The first kappa shape index (κ1) is 24.3. The van der Waals surface area contributed by atoms with Crippen LogP contribution in [-0.2, 0) is 0 Å². The Morgan fingerprint density at radius 3 is 2.56 bits per heavy atom. The van der Waals surface area contributed by atoms with E-state index in [-0.39, 0.29) is 29.9 Å². The Morgan fingerprint density at radius 2 is 1.88 bits per heavy atom. The van der Waals surface area contributed by atoms with Crippen LogP contribution in [0.15, 0.2) is 29.3 Å². The number of guanidine groups is 1. The lowest BCUT2D eigenvalue weighted by atomic mass is 10.2. The Labute approximate surface area is 177 Å². The van der Waals surface area contributed by atoms with Crippen LogP contribution >= 0.6 is 47.3 Å². The molecule has 3 N–H and O–H groups in total. The lowest BCUT2D eigenvalue weighted by Gasteiger charge is -2.12. The third kappa shape index (κ3) is 10.8. The van der Waals surface area contributed by atoms with Gasteiger partial charge in [-0.3, -0.25) is 9.79 Å². The number of carbonyl (C=O) groups is 1. The second-order valence-electron chi connectivity index (χ2n) is 5.12. The Balaban J connectivity index is 0.00000576. The van der Waals surface area contributed by atoms with Crippen molar-refractivity contribution in [3.63, 3.8) is 0 Å². The van der Waals surface area contributed by atoms with E-state index in [1.54, 1.807) is 24.3 Å². The van der Waals surface area contributed by atoms with E-state index >= 15 is 0 Å². The average Bonchev–Trinajstić information content (AvgIpc) is 2.58. The molecule has 1 aromatic carbocycles. The molecule has 0 aliphatic rings. The molecule has 0 saturated carbocycles. The summed E-state index contributed by atoms with van der Waals surface area (Å²) >= 11 is 7.87. The van der Waals surface area contributed by atoms with Crippen molar-refractivity contribution < 1.29 is 4.79 Å². The molecule has 0 aliphatic carbocycles. The fourth-order valence-corrected chi connectivity index (χ4v) is 2.70. The van der Waals surface area contributed by atoms with Gasteiger partial charge in [-0.2, -0.15) is 11.8 Å². The largest absolute Gasteiger partial charge is 0.357 e. The fourth-order valence-electron chi connectivity index (χ4n) is 1.99. The highest BCUT2D eigenvalue weighted by molar-refractivity contribution is 14.0.